The van der Waals surface area contributed by atoms with Gasteiger partial charge in [0.2, 0.25) is 5.91 Å². The van der Waals surface area contributed by atoms with E-state index in [0.29, 0.717) is 37.4 Å². The third-order valence-electron chi connectivity index (χ3n) is 5.18. The quantitative estimate of drug-likeness (QED) is 0.415. The van der Waals surface area contributed by atoms with E-state index >= 15 is 0 Å². The minimum Gasteiger partial charge on any atom is -0.353 e. The molecule has 0 aliphatic heterocycles. The lowest BCUT2D eigenvalue weighted by molar-refractivity contribution is -0.120. The van der Waals surface area contributed by atoms with E-state index in [1.165, 1.54) is 0 Å². The Hall–Kier alpha value is -4.07. The highest BCUT2D eigenvalue weighted by molar-refractivity contribution is 5.94. The molecular weight excluding hydrogens is 390 g/mol. The van der Waals surface area contributed by atoms with Crippen LogP contribution in [-0.4, -0.2) is 41.6 Å². The summed E-state index contributed by atoms with van der Waals surface area (Å²) in [7, 11) is 0. The summed E-state index contributed by atoms with van der Waals surface area (Å²) in [5.41, 5.74) is 2.65. The van der Waals surface area contributed by atoms with Gasteiger partial charge in [0.1, 0.15) is 5.82 Å². The fraction of sp³-hybridized carbons (Fsp3) is 0.174. The predicted molar refractivity (Wildman–Crippen MR) is 119 cm³/mol. The van der Waals surface area contributed by atoms with Gasteiger partial charge in [0, 0.05) is 30.3 Å². The van der Waals surface area contributed by atoms with Crippen molar-refractivity contribution < 1.29 is 4.79 Å². The number of amides is 1. The van der Waals surface area contributed by atoms with E-state index in [-0.39, 0.29) is 5.91 Å². The smallest absolute Gasteiger partial charge is 0.258 e. The van der Waals surface area contributed by atoms with Crippen molar-refractivity contribution in [3.8, 4) is 11.4 Å². The lowest BCUT2D eigenvalue weighted by atomic mass is 10.2. The van der Waals surface area contributed by atoms with E-state index in [4.69, 9.17) is 10.1 Å². The molecule has 8 heteroatoms. The molecule has 0 spiro atoms. The largest absolute Gasteiger partial charge is 0.353 e. The highest BCUT2D eigenvalue weighted by Gasteiger charge is 2.18. The molecule has 8 nitrogen and oxygen atoms in total. The molecule has 0 fully saturated rings. The fourth-order valence-electron chi connectivity index (χ4n) is 3.73. The van der Waals surface area contributed by atoms with E-state index in [1.54, 1.807) is 10.6 Å². The Balaban J connectivity index is 1.58. The number of aromatic nitrogens is 6. The third-order valence-corrected chi connectivity index (χ3v) is 5.18. The van der Waals surface area contributed by atoms with Crippen LogP contribution in [0, 0.1) is 0 Å². The van der Waals surface area contributed by atoms with E-state index in [9.17, 15) is 4.79 Å². The van der Waals surface area contributed by atoms with Gasteiger partial charge in [-0.1, -0.05) is 48.5 Å². The molecule has 3 aromatic heterocycles. The molecule has 1 N–H and O–H groups in total. The molecule has 0 unspecified atom stereocenters. The molecule has 5 aromatic rings. The van der Waals surface area contributed by atoms with Crippen LogP contribution in [0.5, 0.6) is 0 Å². The summed E-state index contributed by atoms with van der Waals surface area (Å²) in [5, 5.41) is 17.3. The van der Waals surface area contributed by atoms with Gasteiger partial charge in [-0.15, -0.1) is 21.9 Å². The number of carbonyl (C=O) groups excluding carboxylic acids is 1. The Labute approximate surface area is 178 Å². The predicted octanol–water partition coefficient (Wildman–Crippen LogP) is 3.22. The number of aryl methyl sites for hydroxylation is 1. The van der Waals surface area contributed by atoms with Gasteiger partial charge in [-0.25, -0.2) is 4.98 Å². The van der Waals surface area contributed by atoms with E-state index in [0.717, 1.165) is 27.9 Å². The average molecular weight is 411 g/mol. The van der Waals surface area contributed by atoms with Crippen molar-refractivity contribution in [3.05, 3.63) is 73.1 Å². The molecular formula is C23H21N7O. The second kappa shape index (κ2) is 7.98. The molecule has 5 rings (SSSR count). The van der Waals surface area contributed by atoms with Gasteiger partial charge in [0.05, 0.1) is 5.52 Å². The van der Waals surface area contributed by atoms with Crippen LogP contribution in [0.4, 0.5) is 0 Å². The maximum absolute atomic E-state index is 11.9. The van der Waals surface area contributed by atoms with Crippen LogP contribution in [0.2, 0.25) is 0 Å². The van der Waals surface area contributed by atoms with Crippen LogP contribution < -0.4 is 5.32 Å². The summed E-state index contributed by atoms with van der Waals surface area (Å²) in [4.78, 5) is 16.7. The van der Waals surface area contributed by atoms with Gasteiger partial charge in [-0.3, -0.25) is 9.20 Å². The van der Waals surface area contributed by atoms with Gasteiger partial charge < -0.3 is 5.32 Å². The fourth-order valence-corrected chi connectivity index (χ4v) is 3.73. The Bertz CT molecular complexity index is 1400. The molecule has 0 radical (unpaired) electrons. The topological polar surface area (TPSA) is 89.5 Å². The number of benzene rings is 2. The van der Waals surface area contributed by atoms with Crippen molar-refractivity contribution in [1.82, 2.24) is 34.5 Å². The van der Waals surface area contributed by atoms with Crippen LogP contribution in [0.3, 0.4) is 0 Å². The molecule has 0 bridgehead atoms. The van der Waals surface area contributed by atoms with E-state index in [2.05, 4.69) is 22.1 Å². The first-order chi connectivity index (χ1) is 15.3. The van der Waals surface area contributed by atoms with Crippen LogP contribution >= 0.6 is 0 Å². The Morgan fingerprint density at radius 1 is 1.06 bits per heavy atom. The molecule has 1 amide bonds. The van der Waals surface area contributed by atoms with Crippen LogP contribution in [0.15, 0.2) is 67.3 Å². The van der Waals surface area contributed by atoms with Gasteiger partial charge in [-0.05, 0) is 18.6 Å². The molecule has 0 aliphatic carbocycles. The van der Waals surface area contributed by atoms with Crippen molar-refractivity contribution >= 4 is 28.2 Å². The molecule has 31 heavy (non-hydrogen) atoms. The van der Waals surface area contributed by atoms with Crippen molar-refractivity contribution in [2.45, 2.75) is 19.3 Å². The molecule has 154 valence electrons. The minimum absolute atomic E-state index is 0.00440. The van der Waals surface area contributed by atoms with E-state index < -0.39 is 0 Å². The van der Waals surface area contributed by atoms with Gasteiger partial charge >= 0.3 is 0 Å². The molecule has 0 atom stereocenters. The SMILES string of the molecule is C=CCNC(=O)CCCc1nnc2n3nc(-c4ccccc4)nc3c3ccccc3n12. The van der Waals surface area contributed by atoms with E-state index in [1.807, 2.05) is 59.0 Å². The Morgan fingerprint density at radius 3 is 2.71 bits per heavy atom. The summed E-state index contributed by atoms with van der Waals surface area (Å²) in [6.45, 7) is 4.09. The monoisotopic (exact) mass is 411 g/mol. The second-order valence-corrected chi connectivity index (χ2v) is 7.25. The number of hydrogen-bond donors (Lipinski definition) is 1. The maximum atomic E-state index is 11.9. The van der Waals surface area contributed by atoms with Crippen molar-refractivity contribution in [2.75, 3.05) is 6.54 Å². The molecule has 2 aromatic carbocycles. The number of nitrogens with zero attached hydrogens (tertiary/aromatic N) is 6. The van der Waals surface area contributed by atoms with Crippen molar-refractivity contribution in [1.29, 1.82) is 0 Å². The summed E-state index contributed by atoms with van der Waals surface area (Å²) in [6, 6.07) is 17.9. The normalized spacial score (nSPS) is 11.4. The molecule has 0 saturated carbocycles. The van der Waals surface area contributed by atoms with Crippen LogP contribution in [-0.2, 0) is 11.2 Å². The number of rotatable bonds is 7. The lowest BCUT2D eigenvalue weighted by Gasteiger charge is -2.06. The summed E-state index contributed by atoms with van der Waals surface area (Å²) >= 11 is 0. The number of fused-ring (bicyclic) bond motifs is 6. The number of para-hydroxylation sites is 1. The van der Waals surface area contributed by atoms with Gasteiger partial charge in [0.25, 0.3) is 5.78 Å². The Kier molecular flexibility index (Phi) is 4.87. The first kappa shape index (κ1) is 18.9. The zero-order chi connectivity index (χ0) is 21.2. The molecule has 0 aliphatic rings. The lowest BCUT2D eigenvalue weighted by Crippen LogP contribution is -2.22. The summed E-state index contributed by atoms with van der Waals surface area (Å²) in [5.74, 6) is 2.04. The number of nitrogens with one attached hydrogen (secondary N) is 1. The number of carbonyl (C=O) groups is 1. The van der Waals surface area contributed by atoms with Crippen molar-refractivity contribution in [3.63, 3.8) is 0 Å². The first-order valence-electron chi connectivity index (χ1n) is 10.2. The van der Waals surface area contributed by atoms with Crippen LogP contribution in [0.1, 0.15) is 18.7 Å². The zero-order valence-electron chi connectivity index (χ0n) is 16.9. The Morgan fingerprint density at radius 2 is 1.87 bits per heavy atom. The highest BCUT2D eigenvalue weighted by Crippen LogP contribution is 2.25. The second-order valence-electron chi connectivity index (χ2n) is 7.25. The standard InChI is InChI=1S/C23H21N7O/c1-2-15-24-20(31)14-8-13-19-26-27-23-29(19)18-12-7-6-11-17(18)22-25-21(28-30(22)23)16-9-4-3-5-10-16/h2-7,9-12H,1,8,13-15H2,(H,24,31). The van der Waals surface area contributed by atoms with Crippen molar-refractivity contribution in [2.24, 2.45) is 0 Å². The molecule has 0 saturated heterocycles. The van der Waals surface area contributed by atoms with Gasteiger partial charge in [0.15, 0.2) is 11.5 Å². The third kappa shape index (κ3) is 3.42. The van der Waals surface area contributed by atoms with Crippen LogP contribution in [0.25, 0.3) is 33.7 Å². The first-order valence-corrected chi connectivity index (χ1v) is 10.2. The maximum Gasteiger partial charge on any atom is 0.258 e. The highest BCUT2D eigenvalue weighted by atomic mass is 16.1. The zero-order valence-corrected chi connectivity index (χ0v) is 16.9. The summed E-state index contributed by atoms with van der Waals surface area (Å²) < 4.78 is 3.76. The minimum atomic E-state index is 0.00440. The summed E-state index contributed by atoms with van der Waals surface area (Å²) in [6.07, 6.45) is 3.38. The molecule has 3 heterocycles. The average Bonchev–Trinajstić information content (AvgIpc) is 3.43. The van der Waals surface area contributed by atoms with Gasteiger partial charge in [-0.2, -0.15) is 4.52 Å². The number of hydrogen-bond acceptors (Lipinski definition) is 5.